The van der Waals surface area contributed by atoms with E-state index < -0.39 is 33.2 Å². The van der Waals surface area contributed by atoms with E-state index in [4.69, 9.17) is 4.55 Å². The van der Waals surface area contributed by atoms with Crippen LogP contribution in [0.2, 0.25) is 0 Å². The van der Waals surface area contributed by atoms with Gasteiger partial charge >= 0.3 is 12.1 Å². The Morgan fingerprint density at radius 3 is 2.40 bits per heavy atom. The Kier molecular flexibility index (Phi) is 8.98. The van der Waals surface area contributed by atoms with E-state index in [0.29, 0.717) is 23.6 Å². The maximum absolute atomic E-state index is 13.3. The Bertz CT molecular complexity index is 1550. The molecule has 0 spiro atoms. The molecule has 234 valence electrons. The third kappa shape index (κ3) is 6.78. The number of rotatable bonds is 5. The van der Waals surface area contributed by atoms with Gasteiger partial charge in [-0.2, -0.15) is 21.6 Å². The number of halogens is 3. The fourth-order valence-electron chi connectivity index (χ4n) is 7.49. The standard InChI is InChI=1S/C26H33F3N2O2.C6H6O3S/c1-16-20-15-31(12-10-25(24(32)33)8-3-2-4-9-25)11-7-17(20)13-22-23(16)19-14-18(26(27,28)29)5-6-21(19)30-22;7-10(8,9)6-4-2-1-3-5-6/h5-6,14,16-17,20,30H,2-4,7-13,15H2,1H3,(H,32,33);1-5H,(H,7,8,9). The van der Waals surface area contributed by atoms with Crippen LogP contribution in [0, 0.1) is 17.3 Å². The van der Waals surface area contributed by atoms with Crippen LogP contribution in [-0.4, -0.2) is 53.6 Å². The topological polar surface area (TPSA) is 111 Å². The van der Waals surface area contributed by atoms with Crippen LogP contribution in [0.5, 0.6) is 0 Å². The molecule has 0 bridgehead atoms. The van der Waals surface area contributed by atoms with Crippen molar-refractivity contribution in [3.63, 3.8) is 0 Å². The minimum atomic E-state index is -4.35. The first-order valence-corrected chi connectivity index (χ1v) is 16.4. The monoisotopic (exact) mass is 620 g/mol. The van der Waals surface area contributed by atoms with Gasteiger partial charge in [0.05, 0.1) is 15.9 Å². The van der Waals surface area contributed by atoms with Crippen LogP contribution in [0.15, 0.2) is 53.4 Å². The SMILES string of the molecule is CC1c2c([nH]c3ccc(C(F)(F)F)cc23)CC2CCN(CCC3(C(=O)O)CCCCC3)CC21.O=S(=O)(O)c1ccccc1. The van der Waals surface area contributed by atoms with Crippen molar-refractivity contribution in [1.29, 1.82) is 0 Å². The van der Waals surface area contributed by atoms with Gasteiger partial charge in [0.25, 0.3) is 10.1 Å². The smallest absolute Gasteiger partial charge is 0.416 e. The molecule has 3 unspecified atom stereocenters. The van der Waals surface area contributed by atoms with E-state index in [9.17, 15) is 31.5 Å². The summed E-state index contributed by atoms with van der Waals surface area (Å²) in [5, 5.41) is 10.6. The second kappa shape index (κ2) is 12.2. The van der Waals surface area contributed by atoms with Crippen LogP contribution in [-0.2, 0) is 27.5 Å². The number of hydrogen-bond donors (Lipinski definition) is 3. The second-order valence-electron chi connectivity index (χ2n) is 12.5. The zero-order chi connectivity index (χ0) is 31.0. The quantitative estimate of drug-likeness (QED) is 0.262. The molecule has 1 aliphatic heterocycles. The van der Waals surface area contributed by atoms with Crippen molar-refractivity contribution in [3.05, 3.63) is 65.4 Å². The van der Waals surface area contributed by atoms with Gasteiger partial charge in [0.2, 0.25) is 0 Å². The molecule has 3 atom stereocenters. The van der Waals surface area contributed by atoms with Gasteiger partial charge in [0, 0.05) is 23.1 Å². The van der Waals surface area contributed by atoms with E-state index in [-0.39, 0.29) is 10.8 Å². The third-order valence-electron chi connectivity index (χ3n) is 9.91. The number of alkyl halides is 3. The molecule has 2 aromatic carbocycles. The van der Waals surface area contributed by atoms with Gasteiger partial charge in [-0.05, 0) is 98.8 Å². The molecule has 11 heteroatoms. The summed E-state index contributed by atoms with van der Waals surface area (Å²) < 4.78 is 69.3. The molecule has 3 N–H and O–H groups in total. The number of carbonyl (C=O) groups is 1. The van der Waals surface area contributed by atoms with Gasteiger partial charge in [-0.25, -0.2) is 0 Å². The molecule has 2 heterocycles. The lowest BCUT2D eigenvalue weighted by atomic mass is 9.67. The molecule has 3 aliphatic rings. The maximum atomic E-state index is 13.3. The summed E-state index contributed by atoms with van der Waals surface area (Å²) in [7, 11) is -4.00. The molecule has 43 heavy (non-hydrogen) atoms. The summed E-state index contributed by atoms with van der Waals surface area (Å²) in [6.07, 6.45) is 2.96. The van der Waals surface area contributed by atoms with Crippen molar-refractivity contribution >= 4 is 27.0 Å². The van der Waals surface area contributed by atoms with E-state index in [2.05, 4.69) is 16.8 Å². The first kappa shape index (κ1) is 31.5. The van der Waals surface area contributed by atoms with Crippen LogP contribution >= 0.6 is 0 Å². The van der Waals surface area contributed by atoms with Gasteiger partial charge in [-0.15, -0.1) is 0 Å². The Balaban J connectivity index is 0.000000314. The highest BCUT2D eigenvalue weighted by atomic mass is 32.2. The molecule has 2 fully saturated rings. The molecule has 0 amide bonds. The minimum Gasteiger partial charge on any atom is -0.481 e. The molecular weight excluding hydrogens is 581 g/mol. The van der Waals surface area contributed by atoms with E-state index >= 15 is 0 Å². The van der Waals surface area contributed by atoms with Gasteiger partial charge in [-0.3, -0.25) is 9.35 Å². The number of nitrogens with zero attached hydrogens (tertiary/aromatic N) is 1. The third-order valence-corrected chi connectivity index (χ3v) is 10.8. The van der Waals surface area contributed by atoms with Crippen molar-refractivity contribution in [1.82, 2.24) is 9.88 Å². The predicted octanol–water partition coefficient (Wildman–Crippen LogP) is 7.14. The summed E-state index contributed by atoms with van der Waals surface area (Å²) in [6, 6.07) is 11.5. The number of benzene rings is 2. The highest BCUT2D eigenvalue weighted by molar-refractivity contribution is 7.85. The number of nitrogens with one attached hydrogen (secondary N) is 1. The van der Waals surface area contributed by atoms with Crippen molar-refractivity contribution in [2.75, 3.05) is 19.6 Å². The van der Waals surface area contributed by atoms with Crippen molar-refractivity contribution < 1.29 is 36.0 Å². The zero-order valence-electron chi connectivity index (χ0n) is 24.2. The van der Waals surface area contributed by atoms with Crippen LogP contribution in [0.1, 0.15) is 74.6 Å². The molecule has 7 nitrogen and oxygen atoms in total. The van der Waals surface area contributed by atoms with Crippen molar-refractivity contribution in [3.8, 4) is 0 Å². The Labute approximate surface area is 250 Å². The number of aromatic nitrogens is 1. The maximum Gasteiger partial charge on any atom is 0.416 e. The Morgan fingerprint density at radius 1 is 1.09 bits per heavy atom. The van der Waals surface area contributed by atoms with E-state index in [1.807, 2.05) is 0 Å². The van der Waals surface area contributed by atoms with Crippen molar-refractivity contribution in [2.24, 2.45) is 17.3 Å². The zero-order valence-corrected chi connectivity index (χ0v) is 25.1. The minimum absolute atomic E-state index is 0.0741. The first-order chi connectivity index (χ1) is 20.3. The largest absolute Gasteiger partial charge is 0.481 e. The molecule has 1 aromatic heterocycles. The van der Waals surface area contributed by atoms with E-state index in [1.54, 1.807) is 24.3 Å². The molecule has 3 aromatic rings. The summed E-state index contributed by atoms with van der Waals surface area (Å²) in [5.74, 6) is 0.419. The number of carboxylic acid groups (broad SMARTS) is 1. The van der Waals surface area contributed by atoms with Gasteiger partial charge in [-0.1, -0.05) is 44.4 Å². The average Bonchev–Trinajstić information content (AvgIpc) is 3.34. The Morgan fingerprint density at radius 2 is 1.79 bits per heavy atom. The highest BCUT2D eigenvalue weighted by Crippen LogP contribution is 2.47. The molecule has 1 saturated carbocycles. The lowest BCUT2D eigenvalue weighted by Crippen LogP contribution is -2.47. The molecule has 0 radical (unpaired) electrons. The lowest BCUT2D eigenvalue weighted by molar-refractivity contribution is -0.152. The predicted molar refractivity (Wildman–Crippen MR) is 157 cm³/mol. The Hall–Kier alpha value is -2.89. The van der Waals surface area contributed by atoms with Crippen LogP contribution < -0.4 is 0 Å². The fraction of sp³-hybridized carbons (Fsp3) is 0.531. The number of likely N-dealkylation sites (tertiary alicyclic amines) is 1. The number of carboxylic acids is 1. The number of aliphatic carboxylic acids is 1. The number of aromatic amines is 1. The van der Waals surface area contributed by atoms with Crippen LogP contribution in [0.3, 0.4) is 0 Å². The molecule has 6 rings (SSSR count). The van der Waals surface area contributed by atoms with E-state index in [1.165, 1.54) is 18.2 Å². The lowest BCUT2D eigenvalue weighted by Gasteiger charge is -2.45. The fourth-order valence-corrected chi connectivity index (χ4v) is 7.99. The van der Waals surface area contributed by atoms with Gasteiger partial charge in [0.15, 0.2) is 0 Å². The van der Waals surface area contributed by atoms with Crippen LogP contribution in [0.4, 0.5) is 13.2 Å². The average molecular weight is 621 g/mol. The van der Waals surface area contributed by atoms with Gasteiger partial charge in [0.1, 0.15) is 0 Å². The molecule has 1 saturated heterocycles. The summed E-state index contributed by atoms with van der Waals surface area (Å²) in [4.78, 5) is 17.8. The van der Waals surface area contributed by atoms with E-state index in [0.717, 1.165) is 87.4 Å². The first-order valence-electron chi connectivity index (χ1n) is 15.0. The second-order valence-corrected chi connectivity index (χ2v) is 13.9. The number of fused-ring (bicyclic) bond motifs is 4. The normalized spacial score (nSPS) is 24.0. The molecule has 2 aliphatic carbocycles. The summed E-state index contributed by atoms with van der Waals surface area (Å²) in [5.41, 5.74) is 1.76. The number of hydrogen-bond acceptors (Lipinski definition) is 4. The van der Waals surface area contributed by atoms with Crippen molar-refractivity contribution in [2.45, 2.75) is 75.3 Å². The molecular formula is C32H39F3N2O5S. The summed E-state index contributed by atoms with van der Waals surface area (Å²) >= 11 is 0. The van der Waals surface area contributed by atoms with Gasteiger partial charge < -0.3 is 15.0 Å². The number of piperidine rings is 1. The highest BCUT2D eigenvalue weighted by Gasteiger charge is 2.43. The number of H-pyrrole nitrogens is 1. The summed E-state index contributed by atoms with van der Waals surface area (Å²) in [6.45, 7) is 4.82. The van der Waals surface area contributed by atoms with Crippen LogP contribution in [0.25, 0.3) is 10.9 Å².